The monoisotopic (exact) mass is 212 g/mol. The van der Waals surface area contributed by atoms with Crippen LogP contribution in [0.25, 0.3) is 0 Å². The second kappa shape index (κ2) is 3.11. The van der Waals surface area contributed by atoms with E-state index in [-0.39, 0.29) is 11.0 Å². The highest BCUT2D eigenvalue weighted by Gasteiger charge is 2.60. The van der Waals surface area contributed by atoms with Crippen molar-refractivity contribution in [3.8, 4) is 0 Å². The van der Waals surface area contributed by atoms with Gasteiger partial charge in [0.15, 0.2) is 0 Å². The number of likely N-dealkylation sites (tertiary alicyclic amines) is 1. The molecule has 2 saturated heterocycles. The normalized spacial score (nSPS) is 35.7. The largest absolute Gasteiger partial charge is 0.465 e. The number of rotatable bonds is 0. The highest BCUT2D eigenvalue weighted by Crippen LogP contribution is 2.49. The summed E-state index contributed by atoms with van der Waals surface area (Å²) in [6.07, 6.45) is 0.195. The van der Waals surface area contributed by atoms with Gasteiger partial charge >= 0.3 is 6.09 Å². The minimum atomic E-state index is -0.765. The van der Waals surface area contributed by atoms with E-state index in [1.165, 1.54) is 0 Å². The Balaban J connectivity index is 2.22. The van der Waals surface area contributed by atoms with Crippen molar-refractivity contribution >= 4 is 6.09 Å². The summed E-state index contributed by atoms with van der Waals surface area (Å²) in [4.78, 5) is 12.7. The van der Waals surface area contributed by atoms with Crippen LogP contribution in [0.2, 0.25) is 0 Å². The Kier molecular flexibility index (Phi) is 2.23. The molecule has 0 aromatic rings. The lowest BCUT2D eigenvalue weighted by Gasteiger charge is -2.60. The van der Waals surface area contributed by atoms with Crippen molar-refractivity contribution < 1.29 is 9.90 Å². The predicted molar refractivity (Wildman–Crippen MR) is 57.9 cm³/mol. The Bertz CT molecular complexity index is 277. The summed E-state index contributed by atoms with van der Waals surface area (Å²) in [5.41, 5.74) is 0.0715. The molecule has 2 N–H and O–H groups in total. The molecule has 4 nitrogen and oxygen atoms in total. The number of hydrogen-bond acceptors (Lipinski definition) is 2. The Hall–Kier alpha value is -0.770. The zero-order valence-electron chi connectivity index (χ0n) is 9.71. The summed E-state index contributed by atoms with van der Waals surface area (Å²) in [6.45, 7) is 9.07. The van der Waals surface area contributed by atoms with E-state index in [1.54, 1.807) is 4.90 Å². The maximum Gasteiger partial charge on any atom is 0.407 e. The van der Waals surface area contributed by atoms with Gasteiger partial charge < -0.3 is 15.3 Å². The topological polar surface area (TPSA) is 52.6 Å². The lowest BCUT2D eigenvalue weighted by Crippen LogP contribution is -2.72. The van der Waals surface area contributed by atoms with Crippen molar-refractivity contribution in [2.24, 2.45) is 11.3 Å². The Labute approximate surface area is 90.6 Å². The van der Waals surface area contributed by atoms with Gasteiger partial charge in [-0.2, -0.15) is 0 Å². The first-order valence-corrected chi connectivity index (χ1v) is 5.59. The van der Waals surface area contributed by atoms with Crippen molar-refractivity contribution in [3.63, 3.8) is 0 Å². The molecule has 2 fully saturated rings. The molecule has 4 heteroatoms. The fraction of sp³-hybridized carbons (Fsp3) is 0.909. The van der Waals surface area contributed by atoms with E-state index in [4.69, 9.17) is 5.11 Å². The maximum atomic E-state index is 11.1. The second-order valence-electron chi connectivity index (χ2n) is 5.84. The van der Waals surface area contributed by atoms with Crippen LogP contribution in [-0.4, -0.2) is 41.3 Å². The van der Waals surface area contributed by atoms with E-state index in [1.807, 2.05) is 0 Å². The molecule has 15 heavy (non-hydrogen) atoms. The van der Waals surface area contributed by atoms with Gasteiger partial charge in [-0.1, -0.05) is 20.8 Å². The lowest BCUT2D eigenvalue weighted by molar-refractivity contribution is -0.0958. The molecule has 0 aromatic carbocycles. The summed E-state index contributed by atoms with van der Waals surface area (Å²) in [5, 5.41) is 12.4. The van der Waals surface area contributed by atoms with E-state index >= 15 is 0 Å². The van der Waals surface area contributed by atoms with E-state index < -0.39 is 6.09 Å². The third-order valence-corrected chi connectivity index (χ3v) is 3.99. The summed E-state index contributed by atoms with van der Waals surface area (Å²) in [7, 11) is 0. The molecule has 0 aliphatic carbocycles. The molecule has 2 heterocycles. The molecule has 0 bridgehead atoms. The molecular weight excluding hydrogens is 192 g/mol. The zero-order valence-corrected chi connectivity index (χ0v) is 9.71. The smallest absolute Gasteiger partial charge is 0.407 e. The lowest BCUT2D eigenvalue weighted by atomic mass is 9.61. The molecule has 1 spiro atoms. The predicted octanol–water partition coefficient (Wildman–Crippen LogP) is 1.37. The first-order valence-electron chi connectivity index (χ1n) is 5.59. The van der Waals surface area contributed by atoms with Crippen molar-refractivity contribution in [1.82, 2.24) is 10.2 Å². The molecule has 1 amide bonds. The molecule has 2 unspecified atom stereocenters. The van der Waals surface area contributed by atoms with Gasteiger partial charge in [-0.25, -0.2) is 4.79 Å². The Morgan fingerprint density at radius 1 is 1.53 bits per heavy atom. The first-order chi connectivity index (χ1) is 6.88. The van der Waals surface area contributed by atoms with E-state index in [0.717, 1.165) is 19.5 Å². The van der Waals surface area contributed by atoms with Crippen molar-refractivity contribution in [3.05, 3.63) is 0 Å². The molecule has 0 aromatic heterocycles. The average molecular weight is 212 g/mol. The highest BCUT2D eigenvalue weighted by molar-refractivity contribution is 5.68. The number of nitrogens with zero attached hydrogens (tertiary/aromatic N) is 1. The maximum absolute atomic E-state index is 11.1. The SMILES string of the molecule is CC(C)(C)C1CN(C(=O)O)C12CCNC2. The number of carbonyl (C=O) groups is 1. The van der Waals surface area contributed by atoms with Crippen LogP contribution in [0.4, 0.5) is 4.79 Å². The van der Waals surface area contributed by atoms with Gasteiger partial charge in [-0.15, -0.1) is 0 Å². The van der Waals surface area contributed by atoms with Crippen LogP contribution in [0.1, 0.15) is 27.2 Å². The van der Waals surface area contributed by atoms with Gasteiger partial charge in [0.05, 0.1) is 5.54 Å². The standard InChI is InChI=1S/C11H20N2O2/c1-10(2,3)8-6-13(9(14)15)11(8)4-5-12-7-11/h8,12H,4-7H2,1-3H3,(H,14,15). The van der Waals surface area contributed by atoms with Crippen LogP contribution in [0.5, 0.6) is 0 Å². The number of carboxylic acid groups (broad SMARTS) is 1. The van der Waals surface area contributed by atoms with Gasteiger partial charge in [0.2, 0.25) is 0 Å². The summed E-state index contributed by atoms with van der Waals surface area (Å²) in [6, 6.07) is 0. The number of nitrogens with one attached hydrogen (secondary N) is 1. The van der Waals surface area contributed by atoms with Crippen molar-refractivity contribution in [2.45, 2.75) is 32.7 Å². The Morgan fingerprint density at radius 3 is 2.60 bits per heavy atom. The minimum absolute atomic E-state index is 0.121. The van der Waals surface area contributed by atoms with E-state index in [0.29, 0.717) is 12.5 Å². The average Bonchev–Trinajstić information content (AvgIpc) is 2.47. The van der Waals surface area contributed by atoms with Crippen LogP contribution < -0.4 is 5.32 Å². The van der Waals surface area contributed by atoms with Gasteiger partial charge in [0, 0.05) is 19.0 Å². The van der Waals surface area contributed by atoms with Gasteiger partial charge in [-0.3, -0.25) is 0 Å². The van der Waals surface area contributed by atoms with Crippen LogP contribution in [0.3, 0.4) is 0 Å². The molecule has 86 valence electrons. The number of hydrogen-bond donors (Lipinski definition) is 2. The third kappa shape index (κ3) is 1.42. The highest BCUT2D eigenvalue weighted by atomic mass is 16.4. The van der Waals surface area contributed by atoms with Crippen molar-refractivity contribution in [1.29, 1.82) is 0 Å². The molecule has 2 aliphatic heterocycles. The minimum Gasteiger partial charge on any atom is -0.465 e. The van der Waals surface area contributed by atoms with E-state index in [2.05, 4.69) is 26.1 Å². The van der Waals surface area contributed by atoms with Crippen LogP contribution in [0, 0.1) is 11.3 Å². The molecule has 2 atom stereocenters. The zero-order chi connectivity index (χ0) is 11.3. The summed E-state index contributed by atoms with van der Waals surface area (Å²) in [5.74, 6) is 0.482. The first kappa shape index (κ1) is 10.7. The Morgan fingerprint density at radius 2 is 2.20 bits per heavy atom. The van der Waals surface area contributed by atoms with Crippen LogP contribution in [0.15, 0.2) is 0 Å². The van der Waals surface area contributed by atoms with Gasteiger partial charge in [0.1, 0.15) is 0 Å². The van der Waals surface area contributed by atoms with Crippen molar-refractivity contribution in [2.75, 3.05) is 19.6 Å². The summed E-state index contributed by atoms with van der Waals surface area (Å²) < 4.78 is 0. The van der Waals surface area contributed by atoms with Gasteiger partial charge in [0.25, 0.3) is 0 Å². The molecule has 0 radical (unpaired) electrons. The fourth-order valence-corrected chi connectivity index (χ4v) is 3.18. The fourth-order valence-electron chi connectivity index (χ4n) is 3.18. The molecule has 2 rings (SSSR count). The third-order valence-electron chi connectivity index (χ3n) is 3.99. The molecule has 2 aliphatic rings. The molecular formula is C11H20N2O2. The van der Waals surface area contributed by atoms with Gasteiger partial charge in [-0.05, 0) is 18.4 Å². The van der Waals surface area contributed by atoms with Crippen LogP contribution >= 0.6 is 0 Å². The quantitative estimate of drug-likeness (QED) is 0.637. The molecule has 0 saturated carbocycles. The second-order valence-corrected chi connectivity index (χ2v) is 5.84. The number of amides is 1. The summed E-state index contributed by atoms with van der Waals surface area (Å²) >= 11 is 0. The van der Waals surface area contributed by atoms with Crippen LogP contribution in [-0.2, 0) is 0 Å². The van der Waals surface area contributed by atoms with E-state index in [9.17, 15) is 4.79 Å².